The third-order valence-electron chi connectivity index (χ3n) is 8.23. The van der Waals surface area contributed by atoms with Crippen molar-refractivity contribution in [3.63, 3.8) is 0 Å². The number of aryl methyl sites for hydroxylation is 1. The Bertz CT molecular complexity index is 1850. The summed E-state index contributed by atoms with van der Waals surface area (Å²) in [7, 11) is 1.67. The summed E-state index contributed by atoms with van der Waals surface area (Å²) in [5.41, 5.74) is 11.5. The molecule has 220 valence electrons. The number of benzene rings is 2. The van der Waals surface area contributed by atoms with Crippen molar-refractivity contribution < 1.29 is 14.2 Å². The predicted octanol–water partition coefficient (Wildman–Crippen LogP) is 6.58. The summed E-state index contributed by atoms with van der Waals surface area (Å²) in [4.78, 5) is 13.6. The van der Waals surface area contributed by atoms with E-state index in [1.165, 1.54) is 17.5 Å². The van der Waals surface area contributed by atoms with Gasteiger partial charge in [0, 0.05) is 18.1 Å². The van der Waals surface area contributed by atoms with Gasteiger partial charge < -0.3 is 29.8 Å². The second-order valence-electron chi connectivity index (χ2n) is 11.5. The van der Waals surface area contributed by atoms with Crippen LogP contribution in [-0.4, -0.2) is 44.6 Å². The van der Waals surface area contributed by atoms with Gasteiger partial charge in [-0.25, -0.2) is 15.0 Å². The van der Waals surface area contributed by atoms with E-state index >= 15 is 0 Å². The predicted molar refractivity (Wildman–Crippen MR) is 171 cm³/mol. The van der Waals surface area contributed by atoms with Gasteiger partial charge >= 0.3 is 0 Å². The first-order chi connectivity index (χ1) is 20.8. The Labute approximate surface area is 258 Å². The van der Waals surface area contributed by atoms with Crippen LogP contribution in [0.15, 0.2) is 83.2 Å². The molecule has 0 bridgehead atoms. The Hall–Kier alpha value is -3.99. The Morgan fingerprint density at radius 3 is 2.65 bits per heavy atom. The number of hydrogen-bond donors (Lipinski definition) is 2. The maximum Gasteiger partial charge on any atom is 0.164 e. The van der Waals surface area contributed by atoms with E-state index in [9.17, 15) is 0 Å². The minimum atomic E-state index is -0.667. The van der Waals surface area contributed by atoms with Gasteiger partial charge in [-0.2, -0.15) is 0 Å². The fourth-order valence-electron chi connectivity index (χ4n) is 6.11. The minimum Gasteiger partial charge on any atom is -0.497 e. The van der Waals surface area contributed by atoms with Crippen molar-refractivity contribution in [2.45, 2.75) is 57.3 Å². The van der Waals surface area contributed by atoms with Gasteiger partial charge in [-0.05, 0) is 89.7 Å². The summed E-state index contributed by atoms with van der Waals surface area (Å²) in [6.07, 6.45) is 7.23. The number of fused-ring (bicyclic) bond motifs is 3. The van der Waals surface area contributed by atoms with E-state index in [1.807, 2.05) is 50.4 Å². The summed E-state index contributed by atoms with van der Waals surface area (Å²) in [5, 5.41) is 5.39. The van der Waals surface area contributed by atoms with Crippen molar-refractivity contribution in [1.82, 2.24) is 19.5 Å². The van der Waals surface area contributed by atoms with Gasteiger partial charge in [0.2, 0.25) is 0 Å². The van der Waals surface area contributed by atoms with Crippen LogP contribution >= 0.6 is 15.9 Å². The quantitative estimate of drug-likeness (QED) is 0.183. The Balaban J connectivity index is 1.11. The van der Waals surface area contributed by atoms with Gasteiger partial charge in [0.1, 0.15) is 41.6 Å². The number of hydrogen-bond acceptors (Lipinski definition) is 8. The average molecular weight is 642 g/mol. The third-order valence-corrected chi connectivity index (χ3v) is 8.84. The van der Waals surface area contributed by atoms with Crippen molar-refractivity contribution in [2.75, 3.05) is 18.2 Å². The van der Waals surface area contributed by atoms with Crippen LogP contribution in [0.4, 0.5) is 11.6 Å². The summed E-state index contributed by atoms with van der Waals surface area (Å²) in [6.45, 7) is 4.61. The number of methoxy groups -OCH3 is 1. The zero-order chi connectivity index (χ0) is 29.7. The molecule has 1 saturated heterocycles. The number of nitrogens with zero attached hydrogens (tertiary/aromatic N) is 4. The highest BCUT2D eigenvalue weighted by Gasteiger charge is 2.50. The van der Waals surface area contributed by atoms with E-state index in [0.29, 0.717) is 12.4 Å². The molecule has 2 aliphatic rings. The van der Waals surface area contributed by atoms with Gasteiger partial charge in [0.15, 0.2) is 5.79 Å². The fraction of sp³-hybridized carbons (Fsp3) is 0.303. The molecule has 0 unspecified atom stereocenters. The molecule has 5 aromatic rings. The lowest BCUT2D eigenvalue weighted by Gasteiger charge is -2.22. The highest BCUT2D eigenvalue weighted by molar-refractivity contribution is 9.10. The van der Waals surface area contributed by atoms with Gasteiger partial charge in [0.25, 0.3) is 0 Å². The lowest BCUT2D eigenvalue weighted by molar-refractivity contribution is -0.147. The van der Waals surface area contributed by atoms with E-state index in [2.05, 4.69) is 66.1 Å². The van der Waals surface area contributed by atoms with Crippen LogP contribution in [0.2, 0.25) is 0 Å². The summed E-state index contributed by atoms with van der Waals surface area (Å²) < 4.78 is 21.2. The molecule has 3 atom stereocenters. The minimum absolute atomic E-state index is 0.0523. The molecule has 0 radical (unpaired) electrons. The maximum absolute atomic E-state index is 6.42. The summed E-state index contributed by atoms with van der Waals surface area (Å²) in [6, 6.07) is 18.5. The van der Waals surface area contributed by atoms with Crippen LogP contribution < -0.4 is 15.8 Å². The Morgan fingerprint density at radius 2 is 1.84 bits per heavy atom. The van der Waals surface area contributed by atoms with E-state index in [4.69, 9.17) is 24.9 Å². The van der Waals surface area contributed by atoms with Crippen molar-refractivity contribution in [2.24, 2.45) is 0 Å². The molecule has 0 saturated carbocycles. The van der Waals surface area contributed by atoms with Gasteiger partial charge in [0.05, 0.1) is 28.5 Å². The number of rotatable bonds is 8. The molecular formula is C33H33BrN6O3. The van der Waals surface area contributed by atoms with E-state index in [1.54, 1.807) is 7.11 Å². The molecule has 2 aromatic carbocycles. The number of ether oxygens (including phenoxy) is 3. The van der Waals surface area contributed by atoms with Gasteiger partial charge in [-0.15, -0.1) is 0 Å². The molecule has 3 aromatic heterocycles. The number of nitrogens with one attached hydrogen (secondary N) is 1. The second-order valence-corrected chi connectivity index (χ2v) is 12.4. The second kappa shape index (κ2) is 10.9. The molecule has 10 heteroatoms. The van der Waals surface area contributed by atoms with Crippen LogP contribution in [0.25, 0.3) is 21.9 Å². The number of nitrogen functional groups attached to an aromatic ring is 1. The summed E-state index contributed by atoms with van der Waals surface area (Å²) in [5.74, 6) is 1.46. The highest BCUT2D eigenvalue weighted by atomic mass is 79.9. The maximum atomic E-state index is 6.42. The van der Waals surface area contributed by atoms with Crippen LogP contribution in [0.3, 0.4) is 0 Å². The first-order valence-electron chi connectivity index (χ1n) is 14.4. The Morgan fingerprint density at radius 1 is 1.02 bits per heavy atom. The lowest BCUT2D eigenvalue weighted by Crippen LogP contribution is -2.27. The van der Waals surface area contributed by atoms with Gasteiger partial charge in [-0.3, -0.25) is 0 Å². The smallest absolute Gasteiger partial charge is 0.164 e. The molecule has 9 nitrogen and oxygen atoms in total. The molecule has 1 aliphatic heterocycles. The number of nitrogens with two attached hydrogens (primary N) is 1. The number of anilines is 2. The molecule has 3 N–H and O–H groups in total. The van der Waals surface area contributed by atoms with Gasteiger partial charge in [-0.1, -0.05) is 30.3 Å². The third kappa shape index (κ3) is 5.35. The standard InChI is InChI=1S/C33H33BrN6O3/c1-33(2)42-28-22(16-27(29(28)43-33)40-13-12-24-30(35)37-18-38-32(24)40)9-5-19-4-8-21-15-25(34)31(39-26(21)14-19)36-17-20-6-10-23(41-3)11-7-20/h4,6-8,10-16,18,27-29H,5,9,17H2,1-3H3,(H,36,39)(H2,35,37,38)/t27-,28-,29+/m1/s1. The monoisotopic (exact) mass is 640 g/mol. The van der Waals surface area contributed by atoms with Crippen LogP contribution in [0.1, 0.15) is 37.4 Å². The van der Waals surface area contributed by atoms with E-state index in [-0.39, 0.29) is 18.2 Å². The molecule has 7 rings (SSSR count). The van der Waals surface area contributed by atoms with E-state index < -0.39 is 5.79 Å². The molecule has 0 amide bonds. The molecule has 1 fully saturated rings. The fourth-order valence-corrected chi connectivity index (χ4v) is 6.59. The van der Waals surface area contributed by atoms with Crippen LogP contribution in [0.5, 0.6) is 5.75 Å². The SMILES string of the molecule is COc1ccc(CNc2nc3cc(CCC4=C[C@@H](n5ccc6c(N)ncnc65)[C@@H]5OC(C)(C)O[C@H]45)ccc3cc2Br)cc1. The normalized spacial score (nSPS) is 20.8. The number of aromatic nitrogens is 4. The average Bonchev–Trinajstić information content (AvgIpc) is 3.66. The zero-order valence-electron chi connectivity index (χ0n) is 24.3. The molecule has 43 heavy (non-hydrogen) atoms. The number of halogens is 1. The zero-order valence-corrected chi connectivity index (χ0v) is 25.8. The topological polar surface area (TPSA) is 109 Å². The first-order valence-corrected chi connectivity index (χ1v) is 15.2. The highest BCUT2D eigenvalue weighted by Crippen LogP contribution is 2.45. The Kier molecular flexibility index (Phi) is 7.07. The molecule has 1 aliphatic carbocycles. The van der Waals surface area contributed by atoms with Crippen molar-refractivity contribution in [3.8, 4) is 5.75 Å². The largest absolute Gasteiger partial charge is 0.497 e. The molecular weight excluding hydrogens is 608 g/mol. The van der Waals surface area contributed by atoms with E-state index in [0.717, 1.165) is 56.4 Å². The first kappa shape index (κ1) is 27.8. The number of pyridine rings is 1. The molecule has 4 heterocycles. The van der Waals surface area contributed by atoms with Crippen molar-refractivity contribution in [3.05, 3.63) is 94.4 Å². The van der Waals surface area contributed by atoms with Crippen molar-refractivity contribution in [1.29, 1.82) is 0 Å². The lowest BCUT2D eigenvalue weighted by atomic mass is 10.0. The van der Waals surface area contributed by atoms with Crippen LogP contribution in [0, 0.1) is 0 Å². The summed E-state index contributed by atoms with van der Waals surface area (Å²) >= 11 is 3.69. The van der Waals surface area contributed by atoms with Crippen molar-refractivity contribution >= 4 is 49.5 Å². The van der Waals surface area contributed by atoms with Crippen LogP contribution in [-0.2, 0) is 22.4 Å². The molecule has 0 spiro atoms.